The van der Waals surface area contributed by atoms with Gasteiger partial charge in [-0.05, 0) is 73.6 Å². The smallest absolute Gasteiger partial charge is 0.475 e. The predicted molar refractivity (Wildman–Crippen MR) is 143 cm³/mol. The van der Waals surface area contributed by atoms with E-state index in [1.807, 2.05) is 18.9 Å². The van der Waals surface area contributed by atoms with Crippen molar-refractivity contribution in [2.24, 2.45) is 0 Å². The topological polar surface area (TPSA) is 90.9 Å². The minimum absolute atomic E-state index is 0.0828. The molecular formula is C27H30F9N3O4S. The van der Waals surface area contributed by atoms with E-state index in [0.29, 0.717) is 29.3 Å². The normalized spacial score (nSPS) is 16.1. The SMILES string of the molecule is CCSc1ccc(OC(F)(F)F)cc1CNC(=O)c1ccc(CN2CCC[C@H](NC)C2)c(C(F)(F)F)c1.O=C(O)C(F)(F)F. The lowest BCUT2D eigenvalue weighted by atomic mass is 10.00. The van der Waals surface area contributed by atoms with E-state index in [1.165, 1.54) is 36.0 Å². The summed E-state index contributed by atoms with van der Waals surface area (Å²) >= 11 is 1.36. The van der Waals surface area contributed by atoms with Crippen LogP contribution in [-0.4, -0.2) is 66.4 Å². The first kappa shape index (κ1) is 37.0. The monoisotopic (exact) mass is 663 g/mol. The van der Waals surface area contributed by atoms with E-state index in [0.717, 1.165) is 25.0 Å². The number of hydrogen-bond donors (Lipinski definition) is 3. The third-order valence-electron chi connectivity index (χ3n) is 6.23. The van der Waals surface area contributed by atoms with Gasteiger partial charge in [0.15, 0.2) is 0 Å². The van der Waals surface area contributed by atoms with Crippen molar-refractivity contribution >= 4 is 23.6 Å². The van der Waals surface area contributed by atoms with E-state index >= 15 is 0 Å². The number of aliphatic carboxylic acids is 1. The molecular weight excluding hydrogens is 633 g/mol. The van der Waals surface area contributed by atoms with Crippen LogP contribution < -0.4 is 15.4 Å². The number of carbonyl (C=O) groups is 2. The largest absolute Gasteiger partial charge is 0.573 e. The first-order valence-corrected chi connectivity index (χ1v) is 14.0. The standard InChI is InChI=1S/C25H29F6N3O2S.C2HF3O2/c1-3-37-22-9-8-20(36-25(29,30)31)11-18(22)13-33-23(35)16-6-7-17(21(12-16)24(26,27)28)14-34-10-4-5-19(15-34)32-2;3-2(4,5)1(6)7/h6-9,11-12,19,32H,3-5,10,13-15H2,1-2H3,(H,33,35);(H,6,7)/t19-;/m0./s1. The first-order valence-electron chi connectivity index (χ1n) is 13.0. The molecule has 1 aliphatic heterocycles. The molecule has 1 amide bonds. The summed E-state index contributed by atoms with van der Waals surface area (Å²) in [7, 11) is 1.83. The molecule has 3 rings (SSSR count). The summed E-state index contributed by atoms with van der Waals surface area (Å²) in [6.45, 7) is 3.10. The van der Waals surface area contributed by atoms with Gasteiger partial charge in [0.25, 0.3) is 5.91 Å². The molecule has 0 spiro atoms. The van der Waals surface area contributed by atoms with Crippen LogP contribution in [0, 0.1) is 0 Å². The minimum atomic E-state index is -5.08. The van der Waals surface area contributed by atoms with Crippen LogP contribution in [-0.2, 0) is 24.1 Å². The number of nitrogens with zero attached hydrogens (tertiary/aromatic N) is 1. The van der Waals surface area contributed by atoms with E-state index in [2.05, 4.69) is 15.4 Å². The fraction of sp³-hybridized carbons (Fsp3) is 0.481. The van der Waals surface area contributed by atoms with Crippen LogP contribution in [0.5, 0.6) is 5.75 Å². The van der Waals surface area contributed by atoms with Crippen molar-refractivity contribution in [2.75, 3.05) is 25.9 Å². The molecule has 3 N–H and O–H groups in total. The molecule has 1 saturated heterocycles. The Hall–Kier alpha value is -3.18. The number of amides is 1. The molecule has 17 heteroatoms. The van der Waals surface area contributed by atoms with Gasteiger partial charge < -0.3 is 20.5 Å². The van der Waals surface area contributed by atoms with Crippen molar-refractivity contribution in [3.05, 3.63) is 58.7 Å². The van der Waals surface area contributed by atoms with Gasteiger partial charge in [0.2, 0.25) is 0 Å². The Labute approximate surface area is 251 Å². The molecule has 1 heterocycles. The van der Waals surface area contributed by atoms with Gasteiger partial charge >= 0.3 is 24.7 Å². The maximum atomic E-state index is 13.9. The van der Waals surface area contributed by atoms with Crippen molar-refractivity contribution in [1.29, 1.82) is 0 Å². The average molecular weight is 664 g/mol. The van der Waals surface area contributed by atoms with Gasteiger partial charge in [0, 0.05) is 36.1 Å². The van der Waals surface area contributed by atoms with Gasteiger partial charge in [0.05, 0.1) is 5.56 Å². The molecule has 0 unspecified atom stereocenters. The Balaban J connectivity index is 0.000000860. The number of thioether (sulfide) groups is 1. The molecule has 1 aliphatic rings. The summed E-state index contributed by atoms with van der Waals surface area (Å²) in [5, 5.41) is 12.8. The zero-order valence-electron chi connectivity index (χ0n) is 23.4. The highest BCUT2D eigenvalue weighted by atomic mass is 32.2. The maximum Gasteiger partial charge on any atom is 0.573 e. The van der Waals surface area contributed by atoms with E-state index in [9.17, 15) is 44.3 Å². The van der Waals surface area contributed by atoms with Crippen LogP contribution in [0.15, 0.2) is 41.3 Å². The lowest BCUT2D eigenvalue weighted by Crippen LogP contribution is -2.44. The average Bonchev–Trinajstić information content (AvgIpc) is 2.91. The second-order valence-electron chi connectivity index (χ2n) is 9.47. The highest BCUT2D eigenvalue weighted by molar-refractivity contribution is 7.99. The number of halogens is 9. The Bertz CT molecular complexity index is 1270. The summed E-state index contributed by atoms with van der Waals surface area (Å²) in [5.74, 6) is -3.34. The molecule has 1 fully saturated rings. The number of piperidine rings is 1. The van der Waals surface area contributed by atoms with Gasteiger partial charge in [-0.15, -0.1) is 24.9 Å². The van der Waals surface area contributed by atoms with Crippen LogP contribution in [0.4, 0.5) is 39.5 Å². The highest BCUT2D eigenvalue weighted by Gasteiger charge is 2.38. The molecule has 246 valence electrons. The summed E-state index contributed by atoms with van der Waals surface area (Å²) < 4.78 is 115. The number of likely N-dealkylation sites (tertiary alicyclic amines) is 1. The van der Waals surface area contributed by atoms with Crippen LogP contribution in [0.25, 0.3) is 0 Å². The molecule has 0 aliphatic carbocycles. The molecule has 0 radical (unpaired) electrons. The lowest BCUT2D eigenvalue weighted by Gasteiger charge is -2.33. The van der Waals surface area contributed by atoms with Gasteiger partial charge in [-0.3, -0.25) is 9.69 Å². The Morgan fingerprint density at radius 1 is 1.02 bits per heavy atom. The minimum Gasteiger partial charge on any atom is -0.475 e. The van der Waals surface area contributed by atoms with Crippen molar-refractivity contribution in [3.63, 3.8) is 0 Å². The number of benzene rings is 2. The maximum absolute atomic E-state index is 13.9. The predicted octanol–water partition coefficient (Wildman–Crippen LogP) is 6.46. The highest BCUT2D eigenvalue weighted by Crippen LogP contribution is 2.34. The molecule has 7 nitrogen and oxygen atoms in total. The number of carboxylic acid groups (broad SMARTS) is 1. The summed E-state index contributed by atoms with van der Waals surface area (Å²) in [6.07, 6.45) is -12.8. The molecule has 0 aromatic heterocycles. The number of hydrogen-bond acceptors (Lipinski definition) is 6. The zero-order valence-corrected chi connectivity index (χ0v) is 24.2. The lowest BCUT2D eigenvalue weighted by molar-refractivity contribution is -0.274. The van der Waals surface area contributed by atoms with Gasteiger partial charge in [-0.25, -0.2) is 4.79 Å². The van der Waals surface area contributed by atoms with Crippen LogP contribution in [0.1, 0.15) is 46.8 Å². The van der Waals surface area contributed by atoms with Crippen molar-refractivity contribution in [3.8, 4) is 5.75 Å². The third kappa shape index (κ3) is 12.1. The molecule has 2 aromatic rings. The van der Waals surface area contributed by atoms with Gasteiger partial charge in [-0.2, -0.15) is 26.3 Å². The fourth-order valence-electron chi connectivity index (χ4n) is 4.26. The Morgan fingerprint density at radius 3 is 2.23 bits per heavy atom. The molecule has 0 bridgehead atoms. The summed E-state index contributed by atoms with van der Waals surface area (Å²) in [5.41, 5.74) is -0.622. The number of ether oxygens (including phenoxy) is 1. The summed E-state index contributed by atoms with van der Waals surface area (Å²) in [6, 6.07) is 7.48. The van der Waals surface area contributed by atoms with E-state index in [4.69, 9.17) is 9.90 Å². The Morgan fingerprint density at radius 2 is 1.68 bits per heavy atom. The second kappa shape index (κ2) is 15.7. The number of carbonyl (C=O) groups excluding carboxylic acids is 1. The van der Waals surface area contributed by atoms with Crippen molar-refractivity contribution in [2.45, 2.75) is 62.5 Å². The number of nitrogens with one attached hydrogen (secondary N) is 2. The van der Waals surface area contributed by atoms with Crippen LogP contribution in [0.2, 0.25) is 0 Å². The second-order valence-corrected chi connectivity index (χ2v) is 10.8. The number of rotatable bonds is 9. The molecule has 44 heavy (non-hydrogen) atoms. The third-order valence-corrected chi connectivity index (χ3v) is 7.23. The summed E-state index contributed by atoms with van der Waals surface area (Å²) in [4.78, 5) is 24.2. The van der Waals surface area contributed by atoms with E-state index in [-0.39, 0.29) is 30.3 Å². The van der Waals surface area contributed by atoms with E-state index in [1.54, 1.807) is 0 Å². The number of alkyl halides is 9. The quantitative estimate of drug-likeness (QED) is 0.210. The van der Waals surface area contributed by atoms with Gasteiger partial charge in [0.1, 0.15) is 5.75 Å². The fourth-order valence-corrected chi connectivity index (χ4v) is 5.05. The number of carboxylic acids is 1. The van der Waals surface area contributed by atoms with Gasteiger partial charge in [-0.1, -0.05) is 13.0 Å². The zero-order chi connectivity index (χ0) is 33.3. The molecule has 2 aromatic carbocycles. The first-order chi connectivity index (χ1) is 20.3. The Kier molecular flexibility index (Phi) is 13.2. The molecule has 1 atom stereocenters. The number of likely N-dealkylation sites (N-methyl/N-ethyl adjacent to an activating group) is 1. The molecule has 0 saturated carbocycles. The van der Waals surface area contributed by atoms with Crippen LogP contribution in [0.3, 0.4) is 0 Å². The van der Waals surface area contributed by atoms with E-state index < -0.39 is 41.9 Å². The van der Waals surface area contributed by atoms with Crippen molar-refractivity contribution in [1.82, 2.24) is 15.5 Å². The van der Waals surface area contributed by atoms with Crippen LogP contribution >= 0.6 is 11.8 Å². The van der Waals surface area contributed by atoms with Crippen molar-refractivity contribution < 1.29 is 58.9 Å².